The van der Waals surface area contributed by atoms with Crippen molar-refractivity contribution in [2.45, 2.75) is 32.9 Å². The van der Waals surface area contributed by atoms with Crippen LogP contribution in [0.1, 0.15) is 26.7 Å². The van der Waals surface area contributed by atoms with Crippen molar-refractivity contribution in [3.8, 4) is 10.8 Å². The molecule has 4 nitrogen and oxygen atoms in total. The predicted octanol–water partition coefficient (Wildman–Crippen LogP) is 3.84. The molecule has 0 saturated heterocycles. The summed E-state index contributed by atoms with van der Waals surface area (Å²) in [6.07, 6.45) is 0. The van der Waals surface area contributed by atoms with Crippen LogP contribution in [0.5, 0.6) is 0 Å². The van der Waals surface area contributed by atoms with Gasteiger partial charge in [0.1, 0.15) is 0 Å². The van der Waals surface area contributed by atoms with Gasteiger partial charge in [-0.05, 0) is 38.3 Å². The minimum Gasteiger partial charge on any atom is -0.419 e. The highest BCUT2D eigenvalue weighted by Gasteiger charge is 2.14. The summed E-state index contributed by atoms with van der Waals surface area (Å²) in [6, 6.07) is 10.4. The van der Waals surface area contributed by atoms with Crippen molar-refractivity contribution in [2.24, 2.45) is 0 Å². The molecule has 0 radical (unpaired) electrons. The molecule has 2 heterocycles. The molecule has 0 aliphatic rings. The lowest BCUT2D eigenvalue weighted by atomic mass is 10.1. The van der Waals surface area contributed by atoms with Crippen molar-refractivity contribution >= 4 is 21.4 Å². The monoisotopic (exact) mass is 287 g/mol. The molecule has 0 spiro atoms. The van der Waals surface area contributed by atoms with Gasteiger partial charge in [0, 0.05) is 10.2 Å². The van der Waals surface area contributed by atoms with E-state index in [4.69, 9.17) is 4.42 Å². The Bertz CT molecular complexity index is 691. The van der Waals surface area contributed by atoms with Gasteiger partial charge in [0.15, 0.2) is 0 Å². The van der Waals surface area contributed by atoms with Crippen LogP contribution in [0.4, 0.5) is 0 Å². The van der Waals surface area contributed by atoms with Crippen molar-refractivity contribution in [2.75, 3.05) is 0 Å². The predicted molar refractivity (Wildman–Crippen MR) is 81.7 cm³/mol. The molecule has 0 unspecified atom stereocenters. The van der Waals surface area contributed by atoms with E-state index in [-0.39, 0.29) is 5.54 Å². The number of benzene rings is 1. The molecule has 0 aliphatic carbocycles. The first-order chi connectivity index (χ1) is 9.51. The Morgan fingerprint density at radius 3 is 2.75 bits per heavy atom. The minimum atomic E-state index is 0.0340. The Balaban J connectivity index is 1.82. The second-order valence-electron chi connectivity index (χ2n) is 5.75. The number of fused-ring (bicyclic) bond motifs is 1. The molecule has 0 atom stereocenters. The van der Waals surface area contributed by atoms with E-state index in [1.807, 2.05) is 12.1 Å². The molecule has 0 amide bonds. The summed E-state index contributed by atoms with van der Waals surface area (Å²) in [4.78, 5) is 1.01. The van der Waals surface area contributed by atoms with Crippen LogP contribution in [0.2, 0.25) is 0 Å². The highest BCUT2D eigenvalue weighted by atomic mass is 32.1. The Hall–Kier alpha value is -1.72. The van der Waals surface area contributed by atoms with Crippen LogP contribution in [-0.4, -0.2) is 15.7 Å². The maximum atomic E-state index is 5.72. The van der Waals surface area contributed by atoms with Gasteiger partial charge in [0.25, 0.3) is 5.89 Å². The Labute approximate surface area is 121 Å². The number of nitrogens with one attached hydrogen (secondary N) is 1. The third-order valence-corrected chi connectivity index (χ3v) is 3.98. The molecule has 0 bridgehead atoms. The van der Waals surface area contributed by atoms with Gasteiger partial charge in [-0.15, -0.1) is 21.5 Å². The quantitative estimate of drug-likeness (QED) is 0.795. The Morgan fingerprint density at radius 1 is 1.20 bits per heavy atom. The third-order valence-electron chi connectivity index (χ3n) is 2.87. The molecule has 2 aromatic heterocycles. The van der Waals surface area contributed by atoms with Gasteiger partial charge in [-0.1, -0.05) is 18.2 Å². The van der Waals surface area contributed by atoms with Crippen molar-refractivity contribution in [1.29, 1.82) is 0 Å². The molecule has 1 aromatic carbocycles. The van der Waals surface area contributed by atoms with Crippen LogP contribution in [0.25, 0.3) is 20.9 Å². The molecule has 0 saturated carbocycles. The zero-order chi connectivity index (χ0) is 14.2. The van der Waals surface area contributed by atoms with Crippen molar-refractivity contribution in [3.05, 3.63) is 36.2 Å². The molecule has 0 aliphatic heterocycles. The van der Waals surface area contributed by atoms with Gasteiger partial charge in [0.2, 0.25) is 5.89 Å². The fourth-order valence-electron chi connectivity index (χ4n) is 1.85. The minimum absolute atomic E-state index is 0.0340. The summed E-state index contributed by atoms with van der Waals surface area (Å²) >= 11 is 1.67. The third kappa shape index (κ3) is 2.89. The van der Waals surface area contributed by atoms with Crippen LogP contribution >= 0.6 is 11.3 Å². The van der Waals surface area contributed by atoms with E-state index in [9.17, 15) is 0 Å². The van der Waals surface area contributed by atoms with Gasteiger partial charge >= 0.3 is 0 Å². The first-order valence-electron chi connectivity index (χ1n) is 6.58. The summed E-state index contributed by atoms with van der Waals surface area (Å²) < 4.78 is 6.95. The number of rotatable bonds is 3. The van der Waals surface area contributed by atoms with Crippen LogP contribution in [0, 0.1) is 0 Å². The first-order valence-corrected chi connectivity index (χ1v) is 7.39. The van der Waals surface area contributed by atoms with Crippen molar-refractivity contribution in [1.82, 2.24) is 15.5 Å². The van der Waals surface area contributed by atoms with E-state index in [0.29, 0.717) is 18.3 Å². The highest BCUT2D eigenvalue weighted by Crippen LogP contribution is 2.32. The topological polar surface area (TPSA) is 51.0 Å². The molecule has 3 rings (SSSR count). The smallest absolute Gasteiger partial charge is 0.257 e. The second kappa shape index (κ2) is 5.00. The average Bonchev–Trinajstić information content (AvgIpc) is 3.01. The molecule has 5 heteroatoms. The summed E-state index contributed by atoms with van der Waals surface area (Å²) in [5, 5.41) is 12.8. The summed E-state index contributed by atoms with van der Waals surface area (Å²) in [7, 11) is 0. The summed E-state index contributed by atoms with van der Waals surface area (Å²) in [5.74, 6) is 1.21. The normalized spacial score (nSPS) is 12.2. The zero-order valence-electron chi connectivity index (χ0n) is 11.8. The summed E-state index contributed by atoms with van der Waals surface area (Å²) in [6.45, 7) is 6.91. The standard InChI is InChI=1S/C15H17N3OS/c1-15(2,3)16-9-13-17-18-14(19-13)12-8-10-6-4-5-7-11(10)20-12/h4-8,16H,9H2,1-3H3. The second-order valence-corrected chi connectivity index (χ2v) is 6.84. The maximum Gasteiger partial charge on any atom is 0.257 e. The van der Waals surface area contributed by atoms with Crippen molar-refractivity contribution < 1.29 is 4.42 Å². The SMILES string of the molecule is CC(C)(C)NCc1nnc(-c2cc3ccccc3s2)o1. The maximum absolute atomic E-state index is 5.72. The fourth-order valence-corrected chi connectivity index (χ4v) is 2.84. The summed E-state index contributed by atoms with van der Waals surface area (Å²) in [5.41, 5.74) is 0.0340. The van der Waals surface area contributed by atoms with Crippen molar-refractivity contribution in [3.63, 3.8) is 0 Å². The largest absolute Gasteiger partial charge is 0.419 e. The van der Waals surface area contributed by atoms with Crippen LogP contribution in [-0.2, 0) is 6.54 Å². The fraction of sp³-hybridized carbons (Fsp3) is 0.333. The number of nitrogens with zero attached hydrogens (tertiary/aromatic N) is 2. The van der Waals surface area contributed by atoms with E-state index in [1.54, 1.807) is 11.3 Å². The van der Waals surface area contributed by atoms with E-state index in [0.717, 1.165) is 4.88 Å². The Morgan fingerprint density at radius 2 is 2.00 bits per heavy atom. The van der Waals surface area contributed by atoms with E-state index in [1.165, 1.54) is 10.1 Å². The molecule has 0 fully saturated rings. The van der Waals surface area contributed by atoms with E-state index < -0.39 is 0 Å². The van der Waals surface area contributed by atoms with E-state index >= 15 is 0 Å². The van der Waals surface area contributed by atoms with Gasteiger partial charge in [-0.2, -0.15) is 0 Å². The molecule has 104 valence electrons. The van der Waals surface area contributed by atoms with Crippen LogP contribution in [0.15, 0.2) is 34.7 Å². The molecule has 1 N–H and O–H groups in total. The molecule has 3 aromatic rings. The highest BCUT2D eigenvalue weighted by molar-refractivity contribution is 7.22. The number of hydrogen-bond donors (Lipinski definition) is 1. The van der Waals surface area contributed by atoms with Crippen LogP contribution in [0.3, 0.4) is 0 Å². The molecular weight excluding hydrogens is 270 g/mol. The van der Waals surface area contributed by atoms with Crippen LogP contribution < -0.4 is 5.32 Å². The van der Waals surface area contributed by atoms with Gasteiger partial charge in [-0.3, -0.25) is 0 Å². The van der Waals surface area contributed by atoms with Gasteiger partial charge in [0.05, 0.1) is 11.4 Å². The number of aromatic nitrogens is 2. The van der Waals surface area contributed by atoms with E-state index in [2.05, 4.69) is 54.5 Å². The van der Waals surface area contributed by atoms with Gasteiger partial charge < -0.3 is 9.73 Å². The number of hydrogen-bond acceptors (Lipinski definition) is 5. The number of thiophene rings is 1. The zero-order valence-corrected chi connectivity index (χ0v) is 12.6. The average molecular weight is 287 g/mol. The van der Waals surface area contributed by atoms with Gasteiger partial charge in [-0.25, -0.2) is 0 Å². The lowest BCUT2D eigenvalue weighted by molar-refractivity contribution is 0.384. The Kier molecular flexibility index (Phi) is 3.31. The lowest BCUT2D eigenvalue weighted by Crippen LogP contribution is -2.35. The first kappa shape index (κ1) is 13.3. The molecular formula is C15H17N3OS. The molecule has 20 heavy (non-hydrogen) atoms. The lowest BCUT2D eigenvalue weighted by Gasteiger charge is -2.18.